The van der Waals surface area contributed by atoms with E-state index in [0.717, 1.165) is 35.4 Å². The van der Waals surface area contributed by atoms with Gasteiger partial charge in [0.05, 0.1) is 16.0 Å². The van der Waals surface area contributed by atoms with Crippen LogP contribution in [0.5, 0.6) is 0 Å². The van der Waals surface area contributed by atoms with Gasteiger partial charge in [0, 0.05) is 5.25 Å². The Morgan fingerprint density at radius 2 is 1.76 bits per heavy atom. The number of rotatable bonds is 3. The lowest BCUT2D eigenvalue weighted by Gasteiger charge is -2.25. The topological polar surface area (TPSA) is 37.4 Å². The minimum absolute atomic E-state index is 0.0752. The second-order valence-corrected chi connectivity index (χ2v) is 9.74. The molecule has 3 nitrogen and oxygen atoms in total. The Hall–Kier alpha value is -1.72. The van der Waals surface area contributed by atoms with Crippen molar-refractivity contribution in [3.8, 4) is 0 Å². The summed E-state index contributed by atoms with van der Waals surface area (Å²) in [4.78, 5) is 0.380. The Morgan fingerprint density at radius 1 is 1.04 bits per heavy atom. The zero-order chi connectivity index (χ0) is 17.4. The number of benzene rings is 2. The molecular weight excluding hydrogens is 350 g/mol. The lowest BCUT2D eigenvalue weighted by Crippen LogP contribution is -2.36. The average molecular weight is 372 g/mol. The van der Waals surface area contributed by atoms with Crippen LogP contribution < -0.4 is 0 Å². The first-order valence-corrected chi connectivity index (χ1v) is 10.9. The quantitative estimate of drug-likeness (QED) is 0.788. The van der Waals surface area contributed by atoms with Gasteiger partial charge in [-0.25, -0.2) is 8.42 Å². The summed E-state index contributed by atoms with van der Waals surface area (Å²) < 4.78 is 28.4. The highest BCUT2D eigenvalue weighted by atomic mass is 32.2. The van der Waals surface area contributed by atoms with Crippen LogP contribution in [0.4, 0.5) is 0 Å². The van der Waals surface area contributed by atoms with Crippen LogP contribution in [0.3, 0.4) is 0 Å². The third kappa shape index (κ3) is 3.11. The summed E-state index contributed by atoms with van der Waals surface area (Å²) in [6, 6.07) is 17.2. The first-order valence-electron chi connectivity index (χ1n) is 8.60. The number of hydrogen-bond acceptors (Lipinski definition) is 3. The second kappa shape index (κ2) is 6.54. The van der Waals surface area contributed by atoms with Gasteiger partial charge >= 0.3 is 0 Å². The highest BCUT2D eigenvalue weighted by molar-refractivity contribution is 8.05. The fourth-order valence-electron chi connectivity index (χ4n) is 3.59. The SMILES string of the molecule is Cc1ccc(S(=O)(=O)N2C(=Cc3ccccc3)SC3CCCC32)cc1. The molecule has 2 aromatic rings. The second-order valence-electron chi connectivity index (χ2n) is 6.66. The average Bonchev–Trinajstić information content (AvgIpc) is 3.16. The summed E-state index contributed by atoms with van der Waals surface area (Å²) in [6.45, 7) is 1.97. The molecule has 1 heterocycles. The summed E-state index contributed by atoms with van der Waals surface area (Å²) in [6.07, 6.45) is 5.13. The molecule has 1 aliphatic carbocycles. The van der Waals surface area contributed by atoms with E-state index in [4.69, 9.17) is 0 Å². The molecule has 0 radical (unpaired) electrons. The van der Waals surface area contributed by atoms with Gasteiger partial charge in [0.2, 0.25) is 0 Å². The Bertz CT molecular complexity index is 889. The molecule has 25 heavy (non-hydrogen) atoms. The minimum atomic E-state index is -3.53. The first kappa shape index (κ1) is 16.7. The predicted octanol–water partition coefficient (Wildman–Crippen LogP) is 4.65. The van der Waals surface area contributed by atoms with E-state index in [0.29, 0.717) is 10.1 Å². The lowest BCUT2D eigenvalue weighted by atomic mass is 10.2. The fraction of sp³-hybridized carbons (Fsp3) is 0.300. The van der Waals surface area contributed by atoms with E-state index in [9.17, 15) is 8.42 Å². The van der Waals surface area contributed by atoms with Gasteiger partial charge in [-0.3, -0.25) is 4.31 Å². The van der Waals surface area contributed by atoms with Gasteiger partial charge in [-0.15, -0.1) is 11.8 Å². The zero-order valence-electron chi connectivity index (χ0n) is 14.1. The van der Waals surface area contributed by atoms with Crippen LogP contribution in [0.15, 0.2) is 64.5 Å². The molecule has 0 amide bonds. The van der Waals surface area contributed by atoms with E-state index in [1.54, 1.807) is 28.2 Å². The monoisotopic (exact) mass is 371 g/mol. The Labute approximate surface area is 153 Å². The Balaban J connectivity index is 1.78. The maximum absolute atomic E-state index is 13.4. The fourth-order valence-corrected chi connectivity index (χ4v) is 7.15. The van der Waals surface area contributed by atoms with Crippen molar-refractivity contribution in [2.45, 2.75) is 42.4 Å². The molecule has 0 aromatic heterocycles. The number of sulfonamides is 1. The van der Waals surface area contributed by atoms with Crippen molar-refractivity contribution in [2.24, 2.45) is 0 Å². The molecule has 1 saturated carbocycles. The molecule has 1 aliphatic heterocycles. The van der Waals surface area contributed by atoms with Crippen LogP contribution in [0.25, 0.3) is 6.08 Å². The molecule has 2 fully saturated rings. The Morgan fingerprint density at radius 3 is 2.48 bits per heavy atom. The molecule has 0 bridgehead atoms. The normalized spacial score (nSPS) is 24.7. The van der Waals surface area contributed by atoms with Crippen LogP contribution in [-0.2, 0) is 10.0 Å². The van der Waals surface area contributed by atoms with E-state index in [1.165, 1.54) is 0 Å². The number of nitrogens with zero attached hydrogens (tertiary/aromatic N) is 1. The highest BCUT2D eigenvalue weighted by Crippen LogP contribution is 2.49. The van der Waals surface area contributed by atoms with E-state index < -0.39 is 10.0 Å². The van der Waals surface area contributed by atoms with E-state index in [1.807, 2.05) is 55.5 Å². The molecule has 5 heteroatoms. The van der Waals surface area contributed by atoms with Crippen molar-refractivity contribution in [1.29, 1.82) is 0 Å². The maximum atomic E-state index is 13.4. The minimum Gasteiger partial charge on any atom is -0.256 e. The van der Waals surface area contributed by atoms with Gasteiger partial charge in [-0.05, 0) is 43.5 Å². The molecule has 2 atom stereocenters. The van der Waals surface area contributed by atoms with Crippen LogP contribution >= 0.6 is 11.8 Å². The van der Waals surface area contributed by atoms with E-state index in [-0.39, 0.29) is 6.04 Å². The summed E-state index contributed by atoms with van der Waals surface area (Å²) >= 11 is 1.72. The summed E-state index contributed by atoms with van der Waals surface area (Å²) in [5, 5.41) is 1.22. The van der Waals surface area contributed by atoms with Crippen LogP contribution in [0.2, 0.25) is 0 Å². The molecule has 4 rings (SSSR count). The zero-order valence-corrected chi connectivity index (χ0v) is 15.8. The van der Waals surface area contributed by atoms with Crippen molar-refractivity contribution in [3.63, 3.8) is 0 Å². The molecule has 0 N–H and O–H groups in total. The van der Waals surface area contributed by atoms with Crippen LogP contribution in [0, 0.1) is 6.92 Å². The van der Waals surface area contributed by atoms with Gasteiger partial charge < -0.3 is 0 Å². The molecule has 2 unspecified atom stereocenters. The van der Waals surface area contributed by atoms with Crippen molar-refractivity contribution in [3.05, 3.63) is 70.8 Å². The van der Waals surface area contributed by atoms with Crippen molar-refractivity contribution in [1.82, 2.24) is 4.31 Å². The van der Waals surface area contributed by atoms with E-state index in [2.05, 4.69) is 0 Å². The predicted molar refractivity (Wildman–Crippen MR) is 104 cm³/mol. The van der Waals surface area contributed by atoms with Gasteiger partial charge in [0.25, 0.3) is 10.0 Å². The van der Waals surface area contributed by atoms with Gasteiger partial charge in [-0.2, -0.15) is 0 Å². The third-order valence-corrected chi connectivity index (χ3v) is 8.25. The summed E-state index contributed by atoms with van der Waals surface area (Å²) in [7, 11) is -3.53. The van der Waals surface area contributed by atoms with Gasteiger partial charge in [0.15, 0.2) is 0 Å². The van der Waals surface area contributed by atoms with Crippen molar-refractivity contribution < 1.29 is 8.42 Å². The number of hydrogen-bond donors (Lipinski definition) is 0. The standard InChI is InChI=1S/C20H21NO2S2/c1-15-10-12-17(13-11-15)25(22,23)21-18-8-5-9-19(18)24-20(21)14-16-6-3-2-4-7-16/h2-4,6-7,10-14,18-19H,5,8-9H2,1H3. The van der Waals surface area contributed by atoms with E-state index >= 15 is 0 Å². The van der Waals surface area contributed by atoms with Crippen molar-refractivity contribution >= 4 is 27.9 Å². The molecule has 2 aliphatic rings. The number of thioether (sulfide) groups is 1. The number of aryl methyl sites for hydroxylation is 1. The third-order valence-electron chi connectivity index (χ3n) is 4.88. The van der Waals surface area contributed by atoms with Gasteiger partial charge in [0.1, 0.15) is 0 Å². The smallest absolute Gasteiger partial charge is 0.256 e. The van der Waals surface area contributed by atoms with Gasteiger partial charge in [-0.1, -0.05) is 54.4 Å². The molecule has 1 saturated heterocycles. The molecule has 0 spiro atoms. The van der Waals surface area contributed by atoms with Crippen molar-refractivity contribution in [2.75, 3.05) is 0 Å². The molecule has 130 valence electrons. The Kier molecular flexibility index (Phi) is 4.38. The number of fused-ring (bicyclic) bond motifs is 1. The molecular formula is C20H21NO2S2. The first-order chi connectivity index (χ1) is 12.1. The maximum Gasteiger partial charge on any atom is 0.265 e. The largest absolute Gasteiger partial charge is 0.265 e. The lowest BCUT2D eigenvalue weighted by molar-refractivity contribution is 0.419. The summed E-state index contributed by atoms with van der Waals surface area (Å²) in [5.41, 5.74) is 2.10. The van der Waals surface area contributed by atoms with Crippen LogP contribution in [-0.4, -0.2) is 24.0 Å². The molecule has 2 aromatic carbocycles. The van der Waals surface area contributed by atoms with Crippen LogP contribution in [0.1, 0.15) is 30.4 Å². The highest BCUT2D eigenvalue weighted by Gasteiger charge is 2.46. The summed E-state index contributed by atoms with van der Waals surface area (Å²) in [5.74, 6) is 0.